The molecule has 0 saturated carbocycles. The normalized spacial score (nSPS) is 21.5. The summed E-state index contributed by atoms with van der Waals surface area (Å²) in [7, 11) is -1.15. The Morgan fingerprint density at radius 3 is 2.22 bits per heavy atom. The third kappa shape index (κ3) is 3.68. The summed E-state index contributed by atoms with van der Waals surface area (Å²) in [6, 6.07) is 4.55. The van der Waals surface area contributed by atoms with Crippen LogP contribution in [0, 0.1) is 0 Å². The first kappa shape index (κ1) is 26.1. The van der Waals surface area contributed by atoms with Gasteiger partial charge >= 0.3 is 0 Å². The molecule has 36 heavy (non-hydrogen) atoms. The van der Waals surface area contributed by atoms with E-state index in [0.29, 0.717) is 0 Å². The second kappa shape index (κ2) is 8.26. The lowest BCUT2D eigenvalue weighted by atomic mass is 9.72. The highest BCUT2D eigenvalue weighted by molar-refractivity contribution is 6.74. The molecular weight excluding hydrogens is 480 g/mol. The highest BCUT2D eigenvalue weighted by Crippen LogP contribution is 2.53. The molecular formula is C27H32O8Si. The van der Waals surface area contributed by atoms with Crippen LogP contribution >= 0.6 is 0 Å². The monoisotopic (exact) mass is 512 g/mol. The lowest BCUT2D eigenvalue weighted by Gasteiger charge is -2.44. The van der Waals surface area contributed by atoms with Crippen LogP contribution in [0.2, 0.25) is 18.1 Å². The zero-order valence-corrected chi connectivity index (χ0v) is 22.6. The number of carbonyl (C=O) groups excluding carboxylic acids is 3. The van der Waals surface area contributed by atoms with Crippen LogP contribution in [-0.2, 0) is 15.6 Å². The summed E-state index contributed by atoms with van der Waals surface area (Å²) in [5.41, 5.74) is -2.35. The molecule has 0 saturated heterocycles. The number of Topliss-reactive ketones (excluding diaryl/α,β-unsaturated/α-hetero) is 1. The summed E-state index contributed by atoms with van der Waals surface area (Å²) in [5, 5.41) is 33.9. The van der Waals surface area contributed by atoms with Crippen molar-refractivity contribution in [3.05, 3.63) is 51.6 Å². The van der Waals surface area contributed by atoms with E-state index in [2.05, 4.69) is 0 Å². The molecule has 2 unspecified atom stereocenters. The molecule has 2 atom stereocenters. The van der Waals surface area contributed by atoms with Gasteiger partial charge in [-0.3, -0.25) is 14.4 Å². The molecule has 192 valence electrons. The average molecular weight is 513 g/mol. The zero-order valence-electron chi connectivity index (χ0n) is 21.6. The fourth-order valence-electron chi connectivity index (χ4n) is 4.82. The van der Waals surface area contributed by atoms with Gasteiger partial charge in [0, 0.05) is 29.5 Å². The average Bonchev–Trinajstić information content (AvgIpc) is 2.77. The number of hydrogen-bond donors (Lipinski definition) is 3. The van der Waals surface area contributed by atoms with Gasteiger partial charge in [-0.25, -0.2) is 0 Å². The van der Waals surface area contributed by atoms with Crippen LogP contribution in [-0.4, -0.2) is 53.7 Å². The molecule has 0 heterocycles. The molecule has 4 rings (SSSR count). The van der Waals surface area contributed by atoms with E-state index in [0.717, 1.165) is 0 Å². The molecule has 2 aliphatic carbocycles. The number of phenols is 2. The van der Waals surface area contributed by atoms with Crippen molar-refractivity contribution in [3.63, 3.8) is 0 Å². The summed E-state index contributed by atoms with van der Waals surface area (Å²) in [6.07, 6.45) is -1.47. The Labute approximate surface area is 211 Å². The van der Waals surface area contributed by atoms with Gasteiger partial charge in [-0.2, -0.15) is 0 Å². The molecule has 9 heteroatoms. The molecule has 0 spiro atoms. The minimum Gasteiger partial charge on any atom is -0.507 e. The number of aliphatic hydroxyl groups is 1. The maximum Gasteiger partial charge on any atom is 0.202 e. The van der Waals surface area contributed by atoms with Crippen LogP contribution in [0.4, 0.5) is 0 Å². The van der Waals surface area contributed by atoms with Gasteiger partial charge in [-0.15, -0.1) is 0 Å². The first-order valence-corrected chi connectivity index (χ1v) is 14.7. The van der Waals surface area contributed by atoms with E-state index in [-0.39, 0.29) is 57.0 Å². The van der Waals surface area contributed by atoms with E-state index >= 15 is 0 Å². The van der Waals surface area contributed by atoms with Crippen molar-refractivity contribution in [1.82, 2.24) is 0 Å². The Bertz CT molecular complexity index is 1320. The van der Waals surface area contributed by atoms with E-state index in [1.807, 2.05) is 33.9 Å². The first-order chi connectivity index (χ1) is 16.6. The van der Waals surface area contributed by atoms with Gasteiger partial charge in [0.15, 0.2) is 19.9 Å². The Hall–Kier alpha value is -3.01. The second-order valence-corrected chi connectivity index (χ2v) is 16.0. The molecule has 0 fully saturated rings. The molecule has 0 bridgehead atoms. The smallest absolute Gasteiger partial charge is 0.202 e. The summed E-state index contributed by atoms with van der Waals surface area (Å²) < 4.78 is 11.9. The maximum atomic E-state index is 13.6. The SMILES string of the molecule is COc1cccc2c1C(=O)c1c(O)c3c(c(O)c1C2=O)CC(O)(C(C)=O)CC3O[Si](C)(C)C(C)(C)C. The van der Waals surface area contributed by atoms with E-state index in [4.69, 9.17) is 9.16 Å². The molecule has 0 amide bonds. The number of methoxy groups -OCH3 is 1. The quantitative estimate of drug-likeness (QED) is 0.350. The Morgan fingerprint density at radius 1 is 1.06 bits per heavy atom. The first-order valence-electron chi connectivity index (χ1n) is 11.8. The number of hydrogen-bond acceptors (Lipinski definition) is 8. The molecule has 2 aliphatic rings. The molecule has 0 radical (unpaired) electrons. The fourth-order valence-corrected chi connectivity index (χ4v) is 6.09. The number of ether oxygens (including phenoxy) is 1. The third-order valence-corrected chi connectivity index (χ3v) is 12.5. The number of carbonyl (C=O) groups is 3. The predicted molar refractivity (Wildman–Crippen MR) is 135 cm³/mol. The van der Waals surface area contributed by atoms with Crippen LogP contribution in [0.25, 0.3) is 0 Å². The van der Waals surface area contributed by atoms with Gasteiger partial charge in [0.1, 0.15) is 22.8 Å². The number of fused-ring (bicyclic) bond motifs is 3. The zero-order chi connectivity index (χ0) is 27.0. The summed E-state index contributed by atoms with van der Waals surface area (Å²) in [6.45, 7) is 11.3. The molecule has 0 aromatic heterocycles. The van der Waals surface area contributed by atoms with Crippen molar-refractivity contribution in [2.24, 2.45) is 0 Å². The number of ketones is 3. The highest BCUT2D eigenvalue weighted by Gasteiger charge is 2.50. The number of aromatic hydroxyl groups is 2. The molecule has 3 N–H and O–H groups in total. The maximum absolute atomic E-state index is 13.6. The number of rotatable bonds is 4. The predicted octanol–water partition coefficient (Wildman–Crippen LogP) is 4.21. The topological polar surface area (TPSA) is 130 Å². The lowest BCUT2D eigenvalue weighted by molar-refractivity contribution is -0.139. The highest BCUT2D eigenvalue weighted by atomic mass is 28.4. The van der Waals surface area contributed by atoms with Crippen LogP contribution < -0.4 is 4.74 Å². The van der Waals surface area contributed by atoms with Crippen molar-refractivity contribution in [2.45, 2.75) is 70.4 Å². The van der Waals surface area contributed by atoms with Crippen LogP contribution in [0.5, 0.6) is 17.2 Å². The summed E-state index contributed by atoms with van der Waals surface area (Å²) >= 11 is 0. The second-order valence-electron chi connectivity index (χ2n) is 11.2. The third-order valence-electron chi connectivity index (χ3n) is 7.97. The Morgan fingerprint density at radius 2 is 1.67 bits per heavy atom. The van der Waals surface area contributed by atoms with Crippen LogP contribution in [0.15, 0.2) is 18.2 Å². The standard InChI is InChI=1S/C27H32O8Si/c1-13(28)27(33)11-15-19(17(12-27)35-36(6,7)26(2,3)4)25(32)21-20(23(15)30)22(29)14-9-8-10-16(34-5)18(14)24(21)31/h8-10,17,30,32-33H,11-12H2,1-7H3. The largest absolute Gasteiger partial charge is 0.507 e. The lowest BCUT2D eigenvalue weighted by Crippen LogP contribution is -2.48. The van der Waals surface area contributed by atoms with Crippen molar-refractivity contribution >= 4 is 25.7 Å². The Balaban J connectivity index is 2.02. The van der Waals surface area contributed by atoms with Gasteiger partial charge in [0.25, 0.3) is 0 Å². The minimum atomic E-state index is -2.52. The van der Waals surface area contributed by atoms with Crippen molar-refractivity contribution in [2.75, 3.05) is 7.11 Å². The van der Waals surface area contributed by atoms with Gasteiger partial charge in [0.2, 0.25) is 5.78 Å². The van der Waals surface area contributed by atoms with E-state index in [9.17, 15) is 29.7 Å². The molecule has 0 aliphatic heterocycles. The summed E-state index contributed by atoms with van der Waals surface area (Å²) in [4.78, 5) is 39.6. The van der Waals surface area contributed by atoms with E-state index < -0.39 is 48.9 Å². The fraction of sp³-hybridized carbons (Fsp3) is 0.444. The number of benzene rings is 2. The van der Waals surface area contributed by atoms with Gasteiger partial charge < -0.3 is 24.5 Å². The minimum absolute atomic E-state index is 0.00469. The van der Waals surface area contributed by atoms with E-state index in [1.54, 1.807) is 12.1 Å². The molecule has 2 aromatic rings. The number of phenolic OH excluding ortho intramolecular Hbond substituents is 2. The van der Waals surface area contributed by atoms with Crippen LogP contribution in [0.1, 0.15) is 83.2 Å². The molecule has 8 nitrogen and oxygen atoms in total. The summed E-state index contributed by atoms with van der Waals surface area (Å²) in [5.74, 6) is -2.69. The molecule has 2 aromatic carbocycles. The Kier molecular flexibility index (Phi) is 5.98. The van der Waals surface area contributed by atoms with Gasteiger partial charge in [0.05, 0.1) is 29.9 Å². The van der Waals surface area contributed by atoms with Crippen molar-refractivity contribution in [1.29, 1.82) is 0 Å². The van der Waals surface area contributed by atoms with Crippen LogP contribution in [0.3, 0.4) is 0 Å². The van der Waals surface area contributed by atoms with Gasteiger partial charge in [-0.1, -0.05) is 32.9 Å². The van der Waals surface area contributed by atoms with Gasteiger partial charge in [-0.05, 0) is 31.1 Å². The van der Waals surface area contributed by atoms with Crippen molar-refractivity contribution in [3.8, 4) is 17.2 Å². The van der Waals surface area contributed by atoms with E-state index in [1.165, 1.54) is 20.1 Å². The van der Waals surface area contributed by atoms with Crippen molar-refractivity contribution < 1.29 is 38.9 Å².